The summed E-state index contributed by atoms with van der Waals surface area (Å²) in [7, 11) is 0. The van der Waals surface area contributed by atoms with Gasteiger partial charge in [0, 0.05) is 30.7 Å². The smallest absolute Gasteiger partial charge is 0.226 e. The number of aromatic nitrogens is 2. The molecule has 0 aliphatic carbocycles. The summed E-state index contributed by atoms with van der Waals surface area (Å²) in [6.07, 6.45) is 2.10. The first-order chi connectivity index (χ1) is 9.52. The average molecular weight is 277 g/mol. The van der Waals surface area contributed by atoms with Gasteiger partial charge in [0.05, 0.1) is 0 Å². The number of nitrogens with one attached hydrogen (secondary N) is 2. The number of nitrogens with zero attached hydrogens (tertiary/aromatic N) is 3. The molecule has 5 heteroatoms. The van der Waals surface area contributed by atoms with Gasteiger partial charge >= 0.3 is 0 Å². The molecule has 0 unspecified atom stereocenters. The maximum Gasteiger partial charge on any atom is 0.226 e. The molecule has 0 fully saturated rings. The van der Waals surface area contributed by atoms with E-state index in [-0.39, 0.29) is 0 Å². The molecule has 2 heterocycles. The second kappa shape index (κ2) is 6.29. The number of hydrogen-bond acceptors (Lipinski definition) is 5. The summed E-state index contributed by atoms with van der Waals surface area (Å²) in [6.45, 7) is 12.8. The molecule has 0 saturated carbocycles. The van der Waals surface area contributed by atoms with E-state index >= 15 is 0 Å². The van der Waals surface area contributed by atoms with E-state index in [1.807, 2.05) is 0 Å². The van der Waals surface area contributed by atoms with E-state index in [2.05, 4.69) is 55.1 Å². The van der Waals surface area contributed by atoms with Gasteiger partial charge in [-0.1, -0.05) is 6.92 Å². The van der Waals surface area contributed by atoms with Crippen molar-refractivity contribution in [3.05, 3.63) is 5.56 Å². The van der Waals surface area contributed by atoms with Crippen LogP contribution in [0.5, 0.6) is 0 Å². The highest BCUT2D eigenvalue weighted by atomic mass is 15.3. The summed E-state index contributed by atoms with van der Waals surface area (Å²) >= 11 is 0. The highest BCUT2D eigenvalue weighted by Gasteiger charge is 2.27. The van der Waals surface area contributed by atoms with Crippen molar-refractivity contribution in [1.82, 2.24) is 9.97 Å². The van der Waals surface area contributed by atoms with E-state index in [1.54, 1.807) is 0 Å². The monoisotopic (exact) mass is 277 g/mol. The molecule has 0 amide bonds. The Morgan fingerprint density at radius 1 is 1.20 bits per heavy atom. The molecule has 1 aliphatic heterocycles. The second-order valence-corrected chi connectivity index (χ2v) is 5.96. The highest BCUT2D eigenvalue weighted by molar-refractivity contribution is 5.66. The zero-order chi connectivity index (χ0) is 14.7. The van der Waals surface area contributed by atoms with E-state index in [1.165, 1.54) is 5.56 Å². The second-order valence-electron chi connectivity index (χ2n) is 5.96. The molecule has 2 N–H and O–H groups in total. The van der Waals surface area contributed by atoms with Gasteiger partial charge in [0.1, 0.15) is 11.6 Å². The van der Waals surface area contributed by atoms with Gasteiger partial charge in [-0.15, -0.1) is 0 Å². The van der Waals surface area contributed by atoms with Crippen molar-refractivity contribution in [3.8, 4) is 0 Å². The molecule has 0 bridgehead atoms. The molecule has 1 aliphatic rings. The predicted octanol–water partition coefficient (Wildman–Crippen LogP) is 2.89. The van der Waals surface area contributed by atoms with Crippen LogP contribution >= 0.6 is 0 Å². The van der Waals surface area contributed by atoms with Gasteiger partial charge in [-0.2, -0.15) is 9.97 Å². The van der Waals surface area contributed by atoms with E-state index in [4.69, 9.17) is 4.98 Å². The molecule has 0 saturated heterocycles. The van der Waals surface area contributed by atoms with Crippen molar-refractivity contribution in [3.63, 3.8) is 0 Å². The first kappa shape index (κ1) is 14.9. The molecule has 1 aromatic heterocycles. The fourth-order valence-corrected chi connectivity index (χ4v) is 2.49. The number of hydrogen-bond donors (Lipinski definition) is 2. The molecule has 112 valence electrons. The molecule has 0 spiro atoms. The van der Waals surface area contributed by atoms with Crippen LogP contribution in [0.25, 0.3) is 0 Å². The molecular weight excluding hydrogens is 250 g/mol. The summed E-state index contributed by atoms with van der Waals surface area (Å²) in [5, 5.41) is 6.77. The third kappa shape index (κ3) is 3.14. The van der Waals surface area contributed by atoms with Gasteiger partial charge in [0.15, 0.2) is 0 Å². The summed E-state index contributed by atoms with van der Waals surface area (Å²) < 4.78 is 0. The Hall–Kier alpha value is -1.52. The lowest BCUT2D eigenvalue weighted by Crippen LogP contribution is -2.29. The standard InChI is InChI=1S/C15H27N5/c1-6-8-16-15-18-13(17-10(2)3)12-7-9-20(11(4)5)14(12)19-15/h10-11H,6-9H2,1-5H3,(H2,16,17,18,19). The zero-order valence-electron chi connectivity index (χ0n) is 13.3. The van der Waals surface area contributed by atoms with Crippen LogP contribution in [-0.2, 0) is 6.42 Å². The first-order valence-electron chi connectivity index (χ1n) is 7.70. The molecule has 0 aromatic carbocycles. The minimum Gasteiger partial charge on any atom is -0.367 e. The van der Waals surface area contributed by atoms with Gasteiger partial charge in [0.2, 0.25) is 5.95 Å². The van der Waals surface area contributed by atoms with Crippen LogP contribution < -0.4 is 15.5 Å². The maximum atomic E-state index is 4.73. The van der Waals surface area contributed by atoms with Crippen molar-refractivity contribution in [1.29, 1.82) is 0 Å². The third-order valence-corrected chi connectivity index (χ3v) is 3.44. The number of fused-ring (bicyclic) bond motifs is 1. The van der Waals surface area contributed by atoms with E-state index in [9.17, 15) is 0 Å². The molecule has 1 aromatic rings. The van der Waals surface area contributed by atoms with Crippen molar-refractivity contribution >= 4 is 17.6 Å². The Balaban J connectivity index is 2.36. The predicted molar refractivity (Wildman–Crippen MR) is 85.8 cm³/mol. The summed E-state index contributed by atoms with van der Waals surface area (Å²) in [4.78, 5) is 11.7. The van der Waals surface area contributed by atoms with E-state index < -0.39 is 0 Å². The van der Waals surface area contributed by atoms with Crippen LogP contribution in [0.15, 0.2) is 0 Å². The quantitative estimate of drug-likeness (QED) is 0.837. The Labute approximate surface area is 122 Å². The lowest BCUT2D eigenvalue weighted by atomic mass is 10.2. The lowest BCUT2D eigenvalue weighted by Gasteiger charge is -2.23. The molecule has 2 rings (SSSR count). The molecule has 20 heavy (non-hydrogen) atoms. The SMILES string of the molecule is CCCNc1nc(NC(C)C)c2c(n1)N(C(C)C)CC2. The van der Waals surface area contributed by atoms with E-state index in [0.717, 1.165) is 43.5 Å². The van der Waals surface area contributed by atoms with Crippen LogP contribution in [0.3, 0.4) is 0 Å². The summed E-state index contributed by atoms with van der Waals surface area (Å²) in [5.74, 6) is 2.82. The van der Waals surface area contributed by atoms with Gasteiger partial charge in [-0.3, -0.25) is 0 Å². The van der Waals surface area contributed by atoms with Crippen LogP contribution in [0.1, 0.15) is 46.6 Å². The van der Waals surface area contributed by atoms with E-state index in [0.29, 0.717) is 12.1 Å². The van der Waals surface area contributed by atoms with Gasteiger partial charge < -0.3 is 15.5 Å². The van der Waals surface area contributed by atoms with Crippen LogP contribution in [0.4, 0.5) is 17.6 Å². The summed E-state index contributed by atoms with van der Waals surface area (Å²) in [6, 6.07) is 0.846. The first-order valence-corrected chi connectivity index (χ1v) is 7.70. The molecular formula is C15H27N5. The zero-order valence-corrected chi connectivity index (χ0v) is 13.3. The van der Waals surface area contributed by atoms with Gasteiger partial charge in [-0.25, -0.2) is 0 Å². The molecule has 0 radical (unpaired) electrons. The van der Waals surface area contributed by atoms with Crippen LogP contribution in [0.2, 0.25) is 0 Å². The summed E-state index contributed by atoms with van der Waals surface area (Å²) in [5.41, 5.74) is 1.26. The molecule has 0 atom stereocenters. The maximum absolute atomic E-state index is 4.73. The highest BCUT2D eigenvalue weighted by Crippen LogP contribution is 2.33. The van der Waals surface area contributed by atoms with Crippen molar-refractivity contribution in [2.75, 3.05) is 28.6 Å². The average Bonchev–Trinajstić information content (AvgIpc) is 2.79. The normalized spacial score (nSPS) is 14.1. The van der Waals surface area contributed by atoms with Gasteiger partial charge in [0.25, 0.3) is 0 Å². The molecule has 5 nitrogen and oxygen atoms in total. The Bertz CT molecular complexity index is 456. The van der Waals surface area contributed by atoms with Gasteiger partial charge in [-0.05, 0) is 40.5 Å². The topological polar surface area (TPSA) is 53.1 Å². The van der Waals surface area contributed by atoms with Crippen molar-refractivity contribution < 1.29 is 0 Å². The fraction of sp³-hybridized carbons (Fsp3) is 0.733. The Morgan fingerprint density at radius 3 is 2.55 bits per heavy atom. The number of anilines is 3. The third-order valence-electron chi connectivity index (χ3n) is 3.44. The minimum atomic E-state index is 0.376. The van der Waals surface area contributed by atoms with Crippen molar-refractivity contribution in [2.45, 2.75) is 59.5 Å². The lowest BCUT2D eigenvalue weighted by molar-refractivity contribution is 0.703. The van der Waals surface area contributed by atoms with Crippen LogP contribution in [0, 0.1) is 0 Å². The fourth-order valence-electron chi connectivity index (χ4n) is 2.49. The van der Waals surface area contributed by atoms with Crippen molar-refractivity contribution in [2.24, 2.45) is 0 Å². The van der Waals surface area contributed by atoms with Crippen LogP contribution in [-0.4, -0.2) is 35.1 Å². The Morgan fingerprint density at radius 2 is 1.95 bits per heavy atom. The minimum absolute atomic E-state index is 0.376. The largest absolute Gasteiger partial charge is 0.367 e. The Kier molecular flexibility index (Phi) is 4.68. The number of rotatable bonds is 6.